The summed E-state index contributed by atoms with van der Waals surface area (Å²) in [5, 5.41) is 24.2. The fraction of sp³-hybridized carbons (Fsp3) is 0.560. The lowest BCUT2D eigenvalue weighted by Gasteiger charge is -2.33. The van der Waals surface area contributed by atoms with Gasteiger partial charge in [0.1, 0.15) is 17.1 Å². The lowest BCUT2D eigenvalue weighted by atomic mass is 9.91. The summed E-state index contributed by atoms with van der Waals surface area (Å²) in [7, 11) is -2.24. The van der Waals surface area contributed by atoms with Crippen LogP contribution in [-0.4, -0.2) is 75.1 Å². The van der Waals surface area contributed by atoms with Crippen LogP contribution in [0.4, 0.5) is 0 Å². The van der Waals surface area contributed by atoms with Crippen molar-refractivity contribution in [2.45, 2.75) is 57.0 Å². The maximum Gasteiger partial charge on any atom is 0.294 e. The molecule has 3 heterocycles. The molecule has 0 amide bonds. The summed E-state index contributed by atoms with van der Waals surface area (Å²) in [5.41, 5.74) is 1.43. The molecule has 1 fully saturated rings. The minimum Gasteiger partial charge on any atom is -0.493 e. The quantitative estimate of drug-likeness (QED) is 0.238. The van der Waals surface area contributed by atoms with Crippen molar-refractivity contribution in [2.75, 3.05) is 26.3 Å². The molecule has 15 heteroatoms. The molecule has 1 unspecified atom stereocenters. The summed E-state index contributed by atoms with van der Waals surface area (Å²) < 4.78 is 35.8. The first-order valence-electron chi connectivity index (χ1n) is 13.2. The second kappa shape index (κ2) is 12.3. The van der Waals surface area contributed by atoms with Crippen LogP contribution in [0.3, 0.4) is 0 Å². The van der Waals surface area contributed by atoms with Crippen LogP contribution in [0.15, 0.2) is 27.9 Å². The molecule has 40 heavy (non-hydrogen) atoms. The number of sulfonamides is 1. The van der Waals surface area contributed by atoms with Crippen molar-refractivity contribution in [1.82, 2.24) is 24.1 Å². The number of fused-ring (bicyclic) bond motifs is 1. The molecule has 0 spiro atoms. The van der Waals surface area contributed by atoms with E-state index >= 15 is 0 Å². The average molecular weight is 579 g/mol. The molecule has 0 bridgehead atoms. The molecule has 1 aromatic carbocycles. The van der Waals surface area contributed by atoms with Gasteiger partial charge in [-0.3, -0.25) is 9.48 Å². The van der Waals surface area contributed by atoms with E-state index in [2.05, 4.69) is 19.9 Å². The molecule has 1 aliphatic rings. The smallest absolute Gasteiger partial charge is 0.294 e. The van der Waals surface area contributed by atoms with Crippen molar-refractivity contribution in [3.8, 4) is 17.1 Å². The monoisotopic (exact) mass is 578 g/mol. The van der Waals surface area contributed by atoms with Crippen LogP contribution in [0.1, 0.15) is 45.2 Å². The largest absolute Gasteiger partial charge is 0.493 e. The molecule has 1 aliphatic heterocycles. The van der Waals surface area contributed by atoms with Gasteiger partial charge < -0.3 is 19.7 Å². The minimum absolute atomic E-state index is 0.0204. The highest BCUT2D eigenvalue weighted by atomic mass is 32.2. The highest BCUT2D eigenvalue weighted by molar-refractivity contribution is 7.89. The zero-order chi connectivity index (χ0) is 29.0. The standard InChI is InChI=1S/C25H34N6O8S/c1-4-6-19-22-23(29(3)28-19)25(33)27-24(26-22)18-15-17(7-8-21(18)38-5-2)40(36,37)30-12-9-16(10-13-30)20(32)11-14-39-31(34)35/h7-8,15-16,20,32H,4-6,9-14H2,1-3H3,(H,26,27,33). The molecule has 0 radical (unpaired) electrons. The molecule has 14 nitrogen and oxygen atoms in total. The van der Waals surface area contributed by atoms with Gasteiger partial charge in [0.2, 0.25) is 10.0 Å². The number of nitrogens with one attached hydrogen (secondary N) is 1. The van der Waals surface area contributed by atoms with Gasteiger partial charge >= 0.3 is 0 Å². The Labute approximate surface area is 231 Å². The Hall–Kier alpha value is -3.56. The molecule has 0 aliphatic carbocycles. The van der Waals surface area contributed by atoms with Crippen LogP contribution in [0.5, 0.6) is 5.75 Å². The molecule has 0 saturated carbocycles. The Bertz CT molecular complexity index is 1530. The van der Waals surface area contributed by atoms with Gasteiger partial charge in [-0.15, -0.1) is 10.1 Å². The first-order valence-corrected chi connectivity index (χ1v) is 14.7. The Morgan fingerprint density at radius 3 is 2.65 bits per heavy atom. The Morgan fingerprint density at radius 1 is 1.27 bits per heavy atom. The van der Waals surface area contributed by atoms with E-state index in [1.54, 1.807) is 20.0 Å². The summed E-state index contributed by atoms with van der Waals surface area (Å²) in [6, 6.07) is 4.47. The number of piperidine rings is 1. The van der Waals surface area contributed by atoms with E-state index in [-0.39, 0.29) is 42.8 Å². The molecule has 4 rings (SSSR count). The van der Waals surface area contributed by atoms with E-state index in [0.717, 1.165) is 6.42 Å². The van der Waals surface area contributed by atoms with Crippen molar-refractivity contribution in [2.24, 2.45) is 13.0 Å². The number of hydrogen-bond acceptors (Lipinski definition) is 10. The SMILES string of the molecule is CCCc1nn(C)c2c(=O)[nH]c(-c3cc(S(=O)(=O)N4CCC(C(O)CCO[N+](=O)[O-])CC4)ccc3OCC)nc12. The number of aromatic nitrogens is 4. The highest BCUT2D eigenvalue weighted by Crippen LogP contribution is 2.33. The minimum atomic E-state index is -3.92. The van der Waals surface area contributed by atoms with E-state index in [1.165, 1.54) is 21.1 Å². The Morgan fingerprint density at radius 2 is 2.00 bits per heavy atom. The average Bonchev–Trinajstić information content (AvgIpc) is 3.24. The van der Waals surface area contributed by atoms with Crippen molar-refractivity contribution in [1.29, 1.82) is 0 Å². The number of nitrogens with zero attached hydrogens (tertiary/aromatic N) is 5. The molecule has 1 saturated heterocycles. The summed E-state index contributed by atoms with van der Waals surface area (Å²) in [4.78, 5) is 35.1. The molecule has 2 aromatic heterocycles. The normalized spacial score (nSPS) is 15.8. The van der Waals surface area contributed by atoms with Crippen LogP contribution < -0.4 is 10.3 Å². The van der Waals surface area contributed by atoms with Crippen LogP contribution in [-0.2, 0) is 28.3 Å². The second-order valence-electron chi connectivity index (χ2n) is 9.68. The maximum absolute atomic E-state index is 13.6. The van der Waals surface area contributed by atoms with Crippen molar-refractivity contribution in [3.05, 3.63) is 44.4 Å². The topological polar surface area (TPSA) is 183 Å². The number of aromatic amines is 1. The van der Waals surface area contributed by atoms with Crippen LogP contribution >= 0.6 is 0 Å². The number of ether oxygens (including phenoxy) is 1. The van der Waals surface area contributed by atoms with Crippen LogP contribution in [0, 0.1) is 16.0 Å². The maximum atomic E-state index is 13.6. The van der Waals surface area contributed by atoms with Gasteiger partial charge in [0.15, 0.2) is 5.52 Å². The number of rotatable bonds is 12. The Kier molecular flexibility index (Phi) is 9.05. The molecular weight excluding hydrogens is 544 g/mol. The predicted octanol–water partition coefficient (Wildman–Crippen LogP) is 2.03. The third-order valence-electron chi connectivity index (χ3n) is 7.05. The van der Waals surface area contributed by atoms with E-state index in [1.807, 2.05) is 6.92 Å². The number of aliphatic hydroxyl groups excluding tert-OH is 1. The summed E-state index contributed by atoms with van der Waals surface area (Å²) in [6.07, 6.45) is 1.50. The van der Waals surface area contributed by atoms with Gasteiger partial charge in [-0.2, -0.15) is 9.40 Å². The fourth-order valence-corrected chi connectivity index (χ4v) is 6.55. The fourth-order valence-electron chi connectivity index (χ4n) is 5.05. The summed E-state index contributed by atoms with van der Waals surface area (Å²) >= 11 is 0. The predicted molar refractivity (Wildman–Crippen MR) is 145 cm³/mol. The Balaban J connectivity index is 1.62. The van der Waals surface area contributed by atoms with Gasteiger partial charge in [0, 0.05) is 20.1 Å². The number of H-pyrrole nitrogens is 1. The first kappa shape index (κ1) is 29.4. The lowest BCUT2D eigenvalue weighted by Crippen LogP contribution is -2.41. The molecule has 218 valence electrons. The second-order valence-corrected chi connectivity index (χ2v) is 11.6. The van der Waals surface area contributed by atoms with Crippen molar-refractivity contribution in [3.63, 3.8) is 0 Å². The third-order valence-corrected chi connectivity index (χ3v) is 8.94. The summed E-state index contributed by atoms with van der Waals surface area (Å²) in [6.45, 7) is 4.27. The van der Waals surface area contributed by atoms with Gasteiger partial charge in [0.25, 0.3) is 10.6 Å². The number of aliphatic hydroxyl groups is 1. The molecule has 1 atom stereocenters. The summed E-state index contributed by atoms with van der Waals surface area (Å²) in [5.74, 6) is 0.362. The van der Waals surface area contributed by atoms with Gasteiger partial charge in [-0.05, 0) is 56.7 Å². The van der Waals surface area contributed by atoms with E-state index in [9.17, 15) is 28.4 Å². The highest BCUT2D eigenvalue weighted by Gasteiger charge is 2.33. The van der Waals surface area contributed by atoms with Gasteiger partial charge in [-0.1, -0.05) is 13.3 Å². The molecule has 3 aromatic rings. The number of benzene rings is 1. The van der Waals surface area contributed by atoms with Crippen molar-refractivity contribution < 1.29 is 28.2 Å². The van der Waals surface area contributed by atoms with Crippen LogP contribution in [0.25, 0.3) is 22.4 Å². The lowest BCUT2D eigenvalue weighted by molar-refractivity contribution is -0.758. The zero-order valence-corrected chi connectivity index (χ0v) is 23.5. The van der Waals surface area contributed by atoms with E-state index in [0.29, 0.717) is 53.9 Å². The molecular formula is C25H34N6O8S. The van der Waals surface area contributed by atoms with Crippen LogP contribution in [0.2, 0.25) is 0 Å². The number of aryl methyl sites for hydroxylation is 2. The van der Waals surface area contributed by atoms with Crippen molar-refractivity contribution >= 4 is 21.1 Å². The number of hydrogen-bond donors (Lipinski definition) is 2. The third kappa shape index (κ3) is 6.10. The zero-order valence-electron chi connectivity index (χ0n) is 22.7. The molecule has 2 N–H and O–H groups in total. The van der Waals surface area contributed by atoms with Gasteiger partial charge in [-0.25, -0.2) is 13.4 Å². The van der Waals surface area contributed by atoms with E-state index < -0.39 is 26.8 Å². The van der Waals surface area contributed by atoms with Gasteiger partial charge in [0.05, 0.1) is 35.5 Å². The first-order chi connectivity index (χ1) is 19.1. The van der Waals surface area contributed by atoms with E-state index in [4.69, 9.17) is 4.74 Å².